The zero-order chi connectivity index (χ0) is 19.7. The van der Waals surface area contributed by atoms with E-state index in [1.54, 1.807) is 17.8 Å². The molecule has 144 valence electrons. The first-order chi connectivity index (χ1) is 13.6. The number of hydrogen-bond acceptors (Lipinski definition) is 5. The number of hydrogen-bond donors (Lipinski definition) is 0. The number of aryl methyl sites for hydroxylation is 1. The minimum Gasteiger partial charge on any atom is -0.490 e. The van der Waals surface area contributed by atoms with Crippen molar-refractivity contribution in [1.29, 1.82) is 0 Å². The molecular weight excluding hydrogens is 392 g/mol. The van der Waals surface area contributed by atoms with E-state index in [0.717, 1.165) is 22.1 Å². The van der Waals surface area contributed by atoms with Crippen LogP contribution in [0.5, 0.6) is 5.75 Å². The Morgan fingerprint density at radius 1 is 1.25 bits per heavy atom. The van der Waals surface area contributed by atoms with Gasteiger partial charge in [-0.2, -0.15) is 4.99 Å². The van der Waals surface area contributed by atoms with Gasteiger partial charge in [-0.05, 0) is 50.4 Å². The number of ether oxygens (including phenoxy) is 1. The molecule has 1 amide bonds. The van der Waals surface area contributed by atoms with E-state index in [4.69, 9.17) is 9.15 Å². The molecule has 0 atom stereocenters. The third kappa shape index (κ3) is 3.36. The maximum Gasteiger partial charge on any atom is 0.315 e. The van der Waals surface area contributed by atoms with Gasteiger partial charge in [0.15, 0.2) is 21.9 Å². The molecule has 4 rings (SSSR count). The van der Waals surface area contributed by atoms with Crippen molar-refractivity contribution in [2.45, 2.75) is 25.3 Å². The number of furan rings is 1. The molecule has 0 saturated carbocycles. The summed E-state index contributed by atoms with van der Waals surface area (Å²) in [7, 11) is 0. The van der Waals surface area contributed by atoms with E-state index in [0.29, 0.717) is 22.7 Å². The molecule has 0 spiro atoms. The van der Waals surface area contributed by atoms with E-state index in [-0.39, 0.29) is 5.76 Å². The highest BCUT2D eigenvalue weighted by molar-refractivity contribution is 7.98. The van der Waals surface area contributed by atoms with Gasteiger partial charge in [0.2, 0.25) is 0 Å². The van der Waals surface area contributed by atoms with Crippen molar-refractivity contribution in [3.05, 3.63) is 53.0 Å². The smallest absolute Gasteiger partial charge is 0.315 e. The van der Waals surface area contributed by atoms with Crippen LogP contribution in [-0.2, 0) is 6.54 Å². The quantitative estimate of drug-likeness (QED) is 0.416. The van der Waals surface area contributed by atoms with Crippen LogP contribution in [0.1, 0.15) is 24.4 Å². The van der Waals surface area contributed by atoms with E-state index in [1.165, 1.54) is 16.2 Å². The van der Waals surface area contributed by atoms with E-state index >= 15 is 0 Å². The highest BCUT2D eigenvalue weighted by Gasteiger charge is 2.15. The Morgan fingerprint density at radius 3 is 2.86 bits per heavy atom. The fourth-order valence-corrected chi connectivity index (χ4v) is 4.77. The Morgan fingerprint density at radius 2 is 2.11 bits per heavy atom. The van der Waals surface area contributed by atoms with E-state index < -0.39 is 5.91 Å². The second kappa shape index (κ2) is 7.85. The first-order valence-corrected chi connectivity index (χ1v) is 11.1. The molecule has 0 fully saturated rings. The lowest BCUT2D eigenvalue weighted by Crippen LogP contribution is -2.15. The van der Waals surface area contributed by atoms with E-state index in [9.17, 15) is 4.79 Å². The van der Waals surface area contributed by atoms with Crippen molar-refractivity contribution in [2.24, 2.45) is 4.99 Å². The SMILES string of the molecule is CCOc1cccc2cc(C(=O)N=c3sc4cc(SC)ccc4n3CC)oc12. The fourth-order valence-electron chi connectivity index (χ4n) is 3.12. The molecule has 0 aliphatic carbocycles. The fraction of sp³-hybridized carbons (Fsp3) is 0.238. The van der Waals surface area contributed by atoms with Gasteiger partial charge in [0.1, 0.15) is 0 Å². The Labute approximate surface area is 170 Å². The molecule has 0 aliphatic rings. The largest absolute Gasteiger partial charge is 0.490 e. The van der Waals surface area contributed by atoms with Crippen LogP contribution in [-0.4, -0.2) is 23.3 Å². The molecule has 7 heteroatoms. The van der Waals surface area contributed by atoms with Gasteiger partial charge in [0.05, 0.1) is 16.8 Å². The predicted octanol–water partition coefficient (Wildman–Crippen LogP) is 5.33. The van der Waals surface area contributed by atoms with Crippen molar-refractivity contribution >= 4 is 50.2 Å². The van der Waals surface area contributed by atoms with Crippen molar-refractivity contribution < 1.29 is 13.9 Å². The summed E-state index contributed by atoms with van der Waals surface area (Å²) in [6.07, 6.45) is 2.05. The maximum atomic E-state index is 12.8. The summed E-state index contributed by atoms with van der Waals surface area (Å²) in [4.78, 5) is 19.0. The minimum absolute atomic E-state index is 0.215. The lowest BCUT2D eigenvalue weighted by atomic mass is 10.2. The van der Waals surface area contributed by atoms with E-state index in [1.807, 2.05) is 32.0 Å². The highest BCUT2D eigenvalue weighted by atomic mass is 32.2. The molecule has 0 aliphatic heterocycles. The molecule has 0 radical (unpaired) electrons. The molecule has 0 saturated heterocycles. The molecule has 4 aromatic rings. The van der Waals surface area contributed by atoms with Crippen LogP contribution in [0.2, 0.25) is 0 Å². The molecule has 2 aromatic heterocycles. The van der Waals surface area contributed by atoms with Gasteiger partial charge in [-0.1, -0.05) is 23.5 Å². The minimum atomic E-state index is -0.391. The zero-order valence-corrected chi connectivity index (χ0v) is 17.5. The zero-order valence-electron chi connectivity index (χ0n) is 15.9. The maximum absolute atomic E-state index is 12.8. The summed E-state index contributed by atoms with van der Waals surface area (Å²) in [5.74, 6) is 0.457. The Bertz CT molecular complexity index is 1230. The van der Waals surface area contributed by atoms with Crippen molar-refractivity contribution in [2.75, 3.05) is 12.9 Å². The third-order valence-electron chi connectivity index (χ3n) is 4.42. The Hall–Kier alpha value is -2.51. The summed E-state index contributed by atoms with van der Waals surface area (Å²) in [5.41, 5.74) is 1.66. The van der Waals surface area contributed by atoms with Crippen LogP contribution < -0.4 is 9.54 Å². The average Bonchev–Trinajstić information content (AvgIpc) is 3.29. The number of fused-ring (bicyclic) bond motifs is 2. The number of para-hydroxylation sites is 1. The molecular formula is C21H20N2O3S2. The third-order valence-corrected chi connectivity index (χ3v) is 6.19. The first kappa shape index (κ1) is 18.8. The van der Waals surface area contributed by atoms with Gasteiger partial charge >= 0.3 is 5.91 Å². The van der Waals surface area contributed by atoms with Crippen LogP contribution in [0, 0.1) is 0 Å². The molecule has 0 unspecified atom stereocenters. The number of thiazole rings is 1. The van der Waals surface area contributed by atoms with Crippen LogP contribution in [0.25, 0.3) is 21.2 Å². The van der Waals surface area contributed by atoms with Crippen LogP contribution in [0.15, 0.2) is 56.8 Å². The van der Waals surface area contributed by atoms with Crippen molar-refractivity contribution in [1.82, 2.24) is 4.57 Å². The van der Waals surface area contributed by atoms with Gasteiger partial charge in [-0.3, -0.25) is 4.79 Å². The molecule has 0 N–H and O–H groups in total. The van der Waals surface area contributed by atoms with Gasteiger partial charge in [-0.15, -0.1) is 11.8 Å². The second-order valence-corrected chi connectivity index (χ2v) is 7.99. The Kier molecular flexibility index (Phi) is 5.28. The number of aromatic nitrogens is 1. The van der Waals surface area contributed by atoms with Gasteiger partial charge in [0.25, 0.3) is 0 Å². The van der Waals surface area contributed by atoms with Gasteiger partial charge in [-0.25, -0.2) is 0 Å². The van der Waals surface area contributed by atoms with Crippen LogP contribution in [0.4, 0.5) is 0 Å². The van der Waals surface area contributed by atoms with E-state index in [2.05, 4.69) is 34.0 Å². The van der Waals surface area contributed by atoms with Crippen LogP contribution >= 0.6 is 23.1 Å². The monoisotopic (exact) mass is 412 g/mol. The molecule has 28 heavy (non-hydrogen) atoms. The molecule has 0 bridgehead atoms. The number of rotatable bonds is 5. The Balaban J connectivity index is 1.79. The number of benzene rings is 2. The van der Waals surface area contributed by atoms with Gasteiger partial charge in [0, 0.05) is 16.8 Å². The summed E-state index contributed by atoms with van der Waals surface area (Å²) in [6, 6.07) is 13.6. The molecule has 2 aromatic carbocycles. The standard InChI is InChI=1S/C21H20N2O3S2/c1-4-23-15-10-9-14(27-3)12-18(15)28-21(23)22-20(24)17-11-13-7-6-8-16(25-5-2)19(13)26-17/h6-12H,4-5H2,1-3H3. The predicted molar refractivity (Wildman–Crippen MR) is 115 cm³/mol. The highest BCUT2D eigenvalue weighted by Crippen LogP contribution is 2.29. The second-order valence-electron chi connectivity index (χ2n) is 6.10. The van der Waals surface area contributed by atoms with Crippen molar-refractivity contribution in [3.8, 4) is 5.75 Å². The molecule has 2 heterocycles. The molecule has 5 nitrogen and oxygen atoms in total. The van der Waals surface area contributed by atoms with Crippen LogP contribution in [0.3, 0.4) is 0 Å². The number of carbonyl (C=O) groups is 1. The normalized spacial score (nSPS) is 12.2. The number of amides is 1. The average molecular weight is 413 g/mol. The lowest BCUT2D eigenvalue weighted by molar-refractivity contribution is 0.0973. The topological polar surface area (TPSA) is 56.7 Å². The summed E-state index contributed by atoms with van der Waals surface area (Å²) >= 11 is 3.21. The van der Waals surface area contributed by atoms with Gasteiger partial charge < -0.3 is 13.7 Å². The summed E-state index contributed by atoms with van der Waals surface area (Å²) in [6.45, 7) is 5.23. The van der Waals surface area contributed by atoms with Crippen molar-refractivity contribution in [3.63, 3.8) is 0 Å². The summed E-state index contributed by atoms with van der Waals surface area (Å²) < 4.78 is 14.5. The number of nitrogens with zero attached hydrogens (tertiary/aromatic N) is 2. The summed E-state index contributed by atoms with van der Waals surface area (Å²) in [5, 5.41) is 0.828. The first-order valence-electron chi connectivity index (χ1n) is 9.06. The number of carbonyl (C=O) groups excluding carboxylic acids is 1. The number of thioether (sulfide) groups is 1. The lowest BCUT2D eigenvalue weighted by Gasteiger charge is -2.02.